The number of hydrogen-bond acceptors (Lipinski definition) is 4. The topological polar surface area (TPSA) is 73.2 Å². The van der Waals surface area contributed by atoms with E-state index in [-0.39, 0.29) is 12.1 Å². The molecule has 1 aromatic rings. The van der Waals surface area contributed by atoms with Crippen LogP contribution in [0.2, 0.25) is 0 Å². The number of anilines is 1. The molecule has 1 heterocycles. The van der Waals surface area contributed by atoms with Crippen LogP contribution in [0.3, 0.4) is 0 Å². The number of aromatic nitrogens is 1. The van der Waals surface area contributed by atoms with Crippen molar-refractivity contribution < 1.29 is 9.47 Å². The lowest BCUT2D eigenvalue weighted by molar-refractivity contribution is 0.0855. The maximum atomic E-state index is 9.13. The summed E-state index contributed by atoms with van der Waals surface area (Å²) < 4.78 is 12.7. The zero-order valence-electron chi connectivity index (χ0n) is 11.4. The first-order chi connectivity index (χ1) is 8.54. The molecule has 0 saturated carbocycles. The molecular weight excluding hydrogens is 230 g/mol. The standard InChI is InChI=1S/C13H21N3O2/c1-5-9(2)16-11(7-14)6-12(15)13(16)18-10(3)8-17-4/h6,9-10H,5,8,15H2,1-4H3/t9-,10-/m1/s1. The fraction of sp³-hybridized carbons (Fsp3) is 0.615. The zero-order valence-corrected chi connectivity index (χ0v) is 11.4. The predicted octanol–water partition coefficient (Wildman–Crippen LogP) is 2.33. The number of methoxy groups -OCH3 is 1. The third-order valence-corrected chi connectivity index (χ3v) is 2.88. The Morgan fingerprint density at radius 1 is 1.50 bits per heavy atom. The normalized spacial score (nSPS) is 13.9. The van der Waals surface area contributed by atoms with E-state index in [4.69, 9.17) is 20.5 Å². The lowest BCUT2D eigenvalue weighted by atomic mass is 10.2. The van der Waals surface area contributed by atoms with Crippen molar-refractivity contribution in [1.82, 2.24) is 4.57 Å². The molecule has 0 aromatic carbocycles. The van der Waals surface area contributed by atoms with Gasteiger partial charge in [-0.3, -0.25) is 4.57 Å². The first-order valence-corrected chi connectivity index (χ1v) is 6.11. The van der Waals surface area contributed by atoms with Crippen molar-refractivity contribution in [3.05, 3.63) is 11.8 Å². The van der Waals surface area contributed by atoms with Crippen molar-refractivity contribution in [2.45, 2.75) is 39.3 Å². The van der Waals surface area contributed by atoms with Crippen molar-refractivity contribution >= 4 is 5.69 Å². The quantitative estimate of drug-likeness (QED) is 0.842. The van der Waals surface area contributed by atoms with E-state index >= 15 is 0 Å². The van der Waals surface area contributed by atoms with Gasteiger partial charge in [-0.15, -0.1) is 0 Å². The van der Waals surface area contributed by atoms with E-state index in [1.54, 1.807) is 13.2 Å². The number of nitriles is 1. The van der Waals surface area contributed by atoms with Gasteiger partial charge in [0.2, 0.25) is 5.88 Å². The van der Waals surface area contributed by atoms with Crippen LogP contribution < -0.4 is 10.5 Å². The van der Waals surface area contributed by atoms with Crippen molar-refractivity contribution in [2.24, 2.45) is 0 Å². The Bertz CT molecular complexity index is 434. The van der Waals surface area contributed by atoms with Gasteiger partial charge in [0.05, 0.1) is 12.3 Å². The van der Waals surface area contributed by atoms with Gasteiger partial charge in [0.15, 0.2) is 0 Å². The molecule has 0 radical (unpaired) electrons. The summed E-state index contributed by atoms with van der Waals surface area (Å²) >= 11 is 0. The molecule has 5 nitrogen and oxygen atoms in total. The maximum Gasteiger partial charge on any atom is 0.219 e. The van der Waals surface area contributed by atoms with Crippen LogP contribution in [0, 0.1) is 11.3 Å². The second-order valence-electron chi connectivity index (χ2n) is 4.41. The van der Waals surface area contributed by atoms with E-state index in [9.17, 15) is 0 Å². The number of nitrogens with two attached hydrogens (primary N) is 1. The summed E-state index contributed by atoms with van der Waals surface area (Å²) in [5.41, 5.74) is 6.94. The van der Waals surface area contributed by atoms with Crippen LogP contribution >= 0.6 is 0 Å². The van der Waals surface area contributed by atoms with Gasteiger partial charge in [-0.25, -0.2) is 0 Å². The third-order valence-electron chi connectivity index (χ3n) is 2.88. The van der Waals surface area contributed by atoms with Gasteiger partial charge in [0.1, 0.15) is 17.9 Å². The highest BCUT2D eigenvalue weighted by atomic mass is 16.5. The molecule has 0 saturated heterocycles. The number of ether oxygens (including phenoxy) is 2. The second-order valence-corrected chi connectivity index (χ2v) is 4.41. The highest BCUT2D eigenvalue weighted by molar-refractivity contribution is 5.55. The largest absolute Gasteiger partial charge is 0.472 e. The first kappa shape index (κ1) is 14.4. The third kappa shape index (κ3) is 2.96. The van der Waals surface area contributed by atoms with Crippen LogP contribution in [-0.4, -0.2) is 24.4 Å². The van der Waals surface area contributed by atoms with E-state index in [1.807, 2.05) is 18.4 Å². The number of rotatable bonds is 6. The minimum Gasteiger partial charge on any atom is -0.472 e. The van der Waals surface area contributed by atoms with E-state index in [1.165, 1.54) is 0 Å². The fourth-order valence-electron chi connectivity index (χ4n) is 1.82. The van der Waals surface area contributed by atoms with Crippen LogP contribution in [0.4, 0.5) is 5.69 Å². The van der Waals surface area contributed by atoms with E-state index in [0.717, 1.165) is 6.42 Å². The Hall–Kier alpha value is -1.67. The van der Waals surface area contributed by atoms with Gasteiger partial charge < -0.3 is 15.2 Å². The van der Waals surface area contributed by atoms with Gasteiger partial charge >= 0.3 is 0 Å². The molecule has 100 valence electrons. The molecule has 0 bridgehead atoms. The SMILES string of the molecule is CC[C@@H](C)n1c(C#N)cc(N)c1O[C@H](C)COC. The summed E-state index contributed by atoms with van der Waals surface area (Å²) in [6, 6.07) is 3.97. The molecule has 0 unspecified atom stereocenters. The minimum atomic E-state index is -0.110. The summed E-state index contributed by atoms with van der Waals surface area (Å²) in [6.45, 7) is 6.48. The molecule has 2 N–H and O–H groups in total. The van der Waals surface area contributed by atoms with Gasteiger partial charge in [-0.2, -0.15) is 5.26 Å². The molecular formula is C13H21N3O2. The molecule has 0 aliphatic carbocycles. The van der Waals surface area contributed by atoms with E-state index in [2.05, 4.69) is 13.0 Å². The van der Waals surface area contributed by atoms with Crippen molar-refractivity contribution in [2.75, 3.05) is 19.5 Å². The molecule has 0 aliphatic heterocycles. The Morgan fingerprint density at radius 2 is 2.17 bits per heavy atom. The number of nitrogens with zero attached hydrogens (tertiary/aromatic N) is 2. The zero-order chi connectivity index (χ0) is 13.7. The van der Waals surface area contributed by atoms with Gasteiger partial charge in [0.25, 0.3) is 0 Å². The van der Waals surface area contributed by atoms with Crippen molar-refractivity contribution in [3.8, 4) is 11.9 Å². The van der Waals surface area contributed by atoms with Crippen LogP contribution in [0.5, 0.6) is 5.88 Å². The molecule has 0 aliphatic rings. The van der Waals surface area contributed by atoms with Crippen LogP contribution in [-0.2, 0) is 4.74 Å². The second kappa shape index (κ2) is 6.31. The van der Waals surface area contributed by atoms with Crippen molar-refractivity contribution in [3.63, 3.8) is 0 Å². The van der Waals surface area contributed by atoms with Crippen LogP contribution in [0.15, 0.2) is 6.07 Å². The van der Waals surface area contributed by atoms with Gasteiger partial charge in [-0.05, 0) is 20.3 Å². The fourth-order valence-corrected chi connectivity index (χ4v) is 1.82. The summed E-state index contributed by atoms with van der Waals surface area (Å²) in [7, 11) is 1.62. The lowest BCUT2D eigenvalue weighted by Crippen LogP contribution is -2.21. The summed E-state index contributed by atoms with van der Waals surface area (Å²) in [4.78, 5) is 0. The monoisotopic (exact) mass is 251 g/mol. The van der Waals surface area contributed by atoms with Crippen LogP contribution in [0.25, 0.3) is 0 Å². The summed E-state index contributed by atoms with van der Waals surface area (Å²) in [5.74, 6) is 0.561. The van der Waals surface area contributed by atoms with E-state index < -0.39 is 0 Å². The Balaban J connectivity index is 3.09. The Morgan fingerprint density at radius 3 is 2.67 bits per heavy atom. The molecule has 0 spiro atoms. The van der Waals surface area contributed by atoms with Crippen molar-refractivity contribution in [1.29, 1.82) is 5.26 Å². The highest BCUT2D eigenvalue weighted by Gasteiger charge is 2.20. The van der Waals surface area contributed by atoms with Gasteiger partial charge in [-0.1, -0.05) is 6.92 Å². The molecule has 1 aromatic heterocycles. The lowest BCUT2D eigenvalue weighted by Gasteiger charge is -2.20. The maximum absolute atomic E-state index is 9.13. The molecule has 0 fully saturated rings. The van der Waals surface area contributed by atoms with Gasteiger partial charge in [0, 0.05) is 19.2 Å². The molecule has 0 amide bonds. The molecule has 2 atom stereocenters. The summed E-state index contributed by atoms with van der Waals surface area (Å²) in [5, 5.41) is 9.13. The average Bonchev–Trinajstić information content (AvgIpc) is 2.65. The van der Waals surface area contributed by atoms with Crippen LogP contribution in [0.1, 0.15) is 38.9 Å². The smallest absolute Gasteiger partial charge is 0.219 e. The molecule has 18 heavy (non-hydrogen) atoms. The highest BCUT2D eigenvalue weighted by Crippen LogP contribution is 2.32. The molecule has 5 heteroatoms. The first-order valence-electron chi connectivity index (χ1n) is 6.11. The molecule has 1 rings (SSSR count). The minimum absolute atomic E-state index is 0.110. The number of hydrogen-bond donors (Lipinski definition) is 1. The number of nitrogen functional groups attached to an aromatic ring is 1. The Labute approximate surface area is 108 Å². The van der Waals surface area contributed by atoms with E-state index in [0.29, 0.717) is 23.9 Å². The Kier molecular flexibility index (Phi) is 5.05. The summed E-state index contributed by atoms with van der Waals surface area (Å²) in [6.07, 6.45) is 0.791. The average molecular weight is 251 g/mol. The predicted molar refractivity (Wildman–Crippen MR) is 70.5 cm³/mol.